The van der Waals surface area contributed by atoms with Gasteiger partial charge in [0.1, 0.15) is 11.4 Å². The summed E-state index contributed by atoms with van der Waals surface area (Å²) in [6, 6.07) is 7.45. The molecule has 2 aromatic rings. The normalized spacial score (nSPS) is 10.3. The van der Waals surface area contributed by atoms with Gasteiger partial charge in [-0.1, -0.05) is 12.1 Å². The maximum absolute atomic E-state index is 13.2. The summed E-state index contributed by atoms with van der Waals surface area (Å²) >= 11 is 3.26. The molecule has 4 nitrogen and oxygen atoms in total. The summed E-state index contributed by atoms with van der Waals surface area (Å²) in [5, 5.41) is 2.42. The molecule has 0 radical (unpaired) electrons. The second-order valence-corrected chi connectivity index (χ2v) is 5.13. The van der Waals surface area contributed by atoms with E-state index < -0.39 is 11.5 Å². The number of halogens is 2. The van der Waals surface area contributed by atoms with Gasteiger partial charge >= 0.3 is 0 Å². The fourth-order valence-electron chi connectivity index (χ4n) is 1.85. The first-order valence-corrected chi connectivity index (χ1v) is 6.67. The predicted octanol–water partition coefficient (Wildman–Crippen LogP) is 2.16. The SMILES string of the molecule is CNC(=O)c1cc(Br)cn(Cc2cccc(F)c2)c1=O. The fraction of sp³-hybridized carbons (Fsp3) is 0.143. The fourth-order valence-corrected chi connectivity index (χ4v) is 2.32. The van der Waals surface area contributed by atoms with E-state index in [1.165, 1.54) is 29.8 Å². The molecule has 0 saturated carbocycles. The highest BCUT2D eigenvalue weighted by Gasteiger charge is 2.12. The van der Waals surface area contributed by atoms with Crippen molar-refractivity contribution in [3.63, 3.8) is 0 Å². The minimum Gasteiger partial charge on any atom is -0.355 e. The van der Waals surface area contributed by atoms with Gasteiger partial charge in [0.25, 0.3) is 11.5 Å². The van der Waals surface area contributed by atoms with E-state index in [0.29, 0.717) is 10.0 Å². The molecule has 104 valence electrons. The minimum absolute atomic E-state index is 0.0401. The predicted molar refractivity (Wildman–Crippen MR) is 77.3 cm³/mol. The Morgan fingerprint density at radius 2 is 2.15 bits per heavy atom. The third-order valence-corrected chi connectivity index (χ3v) is 3.20. The number of nitrogens with one attached hydrogen (secondary N) is 1. The van der Waals surface area contributed by atoms with E-state index in [0.717, 1.165) is 0 Å². The molecule has 0 spiro atoms. The van der Waals surface area contributed by atoms with Crippen LogP contribution in [0.5, 0.6) is 0 Å². The zero-order valence-corrected chi connectivity index (χ0v) is 12.3. The summed E-state index contributed by atoms with van der Waals surface area (Å²) in [5.41, 5.74) is 0.267. The lowest BCUT2D eigenvalue weighted by atomic mass is 10.2. The molecule has 0 aliphatic rings. The summed E-state index contributed by atoms with van der Waals surface area (Å²) < 4.78 is 15.1. The lowest BCUT2D eigenvalue weighted by Gasteiger charge is -2.09. The molecule has 1 aromatic carbocycles. The van der Waals surface area contributed by atoms with Gasteiger partial charge in [0.05, 0.1) is 6.54 Å². The van der Waals surface area contributed by atoms with Crippen LogP contribution in [0.2, 0.25) is 0 Å². The molecule has 1 amide bonds. The second kappa shape index (κ2) is 6.00. The molecule has 1 aromatic heterocycles. The van der Waals surface area contributed by atoms with E-state index in [-0.39, 0.29) is 17.9 Å². The Kier molecular flexibility index (Phi) is 4.34. The molecule has 0 unspecified atom stereocenters. The lowest BCUT2D eigenvalue weighted by Crippen LogP contribution is -2.31. The number of pyridine rings is 1. The molecule has 1 heterocycles. The van der Waals surface area contributed by atoms with Crippen LogP contribution in [0.4, 0.5) is 4.39 Å². The molecule has 0 saturated heterocycles. The Labute approximate surface area is 123 Å². The first kappa shape index (κ1) is 14.5. The zero-order chi connectivity index (χ0) is 14.7. The summed E-state index contributed by atoms with van der Waals surface area (Å²) in [6.07, 6.45) is 1.57. The van der Waals surface area contributed by atoms with Crippen molar-refractivity contribution in [2.24, 2.45) is 0 Å². The lowest BCUT2D eigenvalue weighted by molar-refractivity contribution is 0.0961. The van der Waals surface area contributed by atoms with Gasteiger partial charge < -0.3 is 9.88 Å². The number of carbonyl (C=O) groups is 1. The standard InChI is InChI=1S/C14H12BrFN2O2/c1-17-13(19)12-6-10(15)8-18(14(12)20)7-9-3-2-4-11(16)5-9/h2-6,8H,7H2,1H3,(H,17,19). The van der Waals surface area contributed by atoms with Crippen LogP contribution >= 0.6 is 15.9 Å². The Morgan fingerprint density at radius 3 is 2.80 bits per heavy atom. The Hall–Kier alpha value is -1.95. The number of nitrogens with zero attached hydrogens (tertiary/aromatic N) is 1. The van der Waals surface area contributed by atoms with E-state index in [1.807, 2.05) is 0 Å². The van der Waals surface area contributed by atoms with E-state index >= 15 is 0 Å². The van der Waals surface area contributed by atoms with Crippen LogP contribution in [-0.4, -0.2) is 17.5 Å². The largest absolute Gasteiger partial charge is 0.355 e. The Balaban J connectivity index is 2.45. The first-order valence-electron chi connectivity index (χ1n) is 5.88. The number of hydrogen-bond donors (Lipinski definition) is 1. The van der Waals surface area contributed by atoms with Crippen molar-refractivity contribution in [1.29, 1.82) is 0 Å². The van der Waals surface area contributed by atoms with E-state index in [4.69, 9.17) is 0 Å². The van der Waals surface area contributed by atoms with Gasteiger partial charge in [0, 0.05) is 17.7 Å². The average molecular weight is 339 g/mol. The number of amides is 1. The summed E-state index contributed by atoms with van der Waals surface area (Å²) in [5.74, 6) is -0.818. The highest BCUT2D eigenvalue weighted by Crippen LogP contribution is 2.11. The third-order valence-electron chi connectivity index (χ3n) is 2.77. The molecule has 0 aliphatic heterocycles. The van der Waals surface area contributed by atoms with Crippen LogP contribution in [0, 0.1) is 5.82 Å². The van der Waals surface area contributed by atoms with Crippen molar-refractivity contribution in [2.75, 3.05) is 7.05 Å². The van der Waals surface area contributed by atoms with Gasteiger partial charge in [0.15, 0.2) is 0 Å². The number of hydrogen-bond acceptors (Lipinski definition) is 2. The highest BCUT2D eigenvalue weighted by molar-refractivity contribution is 9.10. The molecule has 0 fully saturated rings. The van der Waals surface area contributed by atoms with Gasteiger partial charge in [-0.05, 0) is 39.7 Å². The van der Waals surface area contributed by atoms with E-state index in [9.17, 15) is 14.0 Å². The van der Waals surface area contributed by atoms with Gasteiger partial charge in [-0.2, -0.15) is 0 Å². The molecule has 6 heteroatoms. The van der Waals surface area contributed by atoms with Gasteiger partial charge in [-0.15, -0.1) is 0 Å². The van der Waals surface area contributed by atoms with Crippen LogP contribution in [0.1, 0.15) is 15.9 Å². The average Bonchev–Trinajstić information content (AvgIpc) is 2.41. The van der Waals surface area contributed by atoms with Crippen molar-refractivity contribution in [3.05, 3.63) is 68.3 Å². The minimum atomic E-state index is -0.454. The van der Waals surface area contributed by atoms with Crippen LogP contribution in [0.3, 0.4) is 0 Å². The van der Waals surface area contributed by atoms with Crippen molar-refractivity contribution in [2.45, 2.75) is 6.54 Å². The van der Waals surface area contributed by atoms with Crippen LogP contribution in [0.25, 0.3) is 0 Å². The number of benzene rings is 1. The monoisotopic (exact) mass is 338 g/mol. The van der Waals surface area contributed by atoms with Crippen LogP contribution < -0.4 is 10.9 Å². The molecule has 0 aliphatic carbocycles. The van der Waals surface area contributed by atoms with Crippen LogP contribution in [-0.2, 0) is 6.54 Å². The Bertz CT molecular complexity index is 713. The molecule has 2 rings (SSSR count). The van der Waals surface area contributed by atoms with Crippen molar-refractivity contribution in [1.82, 2.24) is 9.88 Å². The first-order chi connectivity index (χ1) is 9.51. The summed E-state index contributed by atoms with van der Waals surface area (Å²) in [6.45, 7) is 0.194. The third kappa shape index (κ3) is 3.14. The quantitative estimate of drug-likeness (QED) is 0.932. The zero-order valence-electron chi connectivity index (χ0n) is 10.7. The maximum Gasteiger partial charge on any atom is 0.263 e. The molecular formula is C14H12BrFN2O2. The summed E-state index contributed by atoms with van der Waals surface area (Å²) in [7, 11) is 1.46. The number of carbonyl (C=O) groups excluding carboxylic acids is 1. The number of rotatable bonds is 3. The second-order valence-electron chi connectivity index (χ2n) is 4.21. The smallest absolute Gasteiger partial charge is 0.263 e. The van der Waals surface area contributed by atoms with E-state index in [1.54, 1.807) is 18.3 Å². The van der Waals surface area contributed by atoms with Crippen LogP contribution in [0.15, 0.2) is 45.8 Å². The molecule has 1 N–H and O–H groups in total. The Morgan fingerprint density at radius 1 is 1.40 bits per heavy atom. The topological polar surface area (TPSA) is 51.1 Å². The van der Waals surface area contributed by atoms with Gasteiger partial charge in [-0.25, -0.2) is 4.39 Å². The van der Waals surface area contributed by atoms with Crippen molar-refractivity contribution >= 4 is 21.8 Å². The highest BCUT2D eigenvalue weighted by atomic mass is 79.9. The van der Waals surface area contributed by atoms with Crippen molar-refractivity contribution in [3.8, 4) is 0 Å². The molecule has 20 heavy (non-hydrogen) atoms. The molecule has 0 atom stereocenters. The maximum atomic E-state index is 13.2. The molecular weight excluding hydrogens is 327 g/mol. The summed E-state index contributed by atoms with van der Waals surface area (Å²) in [4.78, 5) is 23.8. The molecule has 0 bridgehead atoms. The van der Waals surface area contributed by atoms with Gasteiger partial charge in [0.2, 0.25) is 0 Å². The van der Waals surface area contributed by atoms with Gasteiger partial charge in [-0.3, -0.25) is 9.59 Å². The van der Waals surface area contributed by atoms with E-state index in [2.05, 4.69) is 21.2 Å². The number of aromatic nitrogens is 1. The van der Waals surface area contributed by atoms with Crippen molar-refractivity contribution < 1.29 is 9.18 Å².